The summed E-state index contributed by atoms with van der Waals surface area (Å²) in [6, 6.07) is 16.4. The van der Waals surface area contributed by atoms with Crippen LogP contribution in [0.1, 0.15) is 0 Å². The molecule has 1 fully saturated rings. The van der Waals surface area contributed by atoms with Crippen LogP contribution in [0, 0.1) is 0 Å². The van der Waals surface area contributed by atoms with Gasteiger partial charge in [0.2, 0.25) is 5.95 Å². The van der Waals surface area contributed by atoms with E-state index in [1.165, 1.54) is 0 Å². The van der Waals surface area contributed by atoms with E-state index in [-0.39, 0.29) is 0 Å². The predicted octanol–water partition coefficient (Wildman–Crippen LogP) is 4.07. The molecule has 6 rings (SSSR count). The highest BCUT2D eigenvalue weighted by Gasteiger charge is 2.19. The normalized spacial score (nSPS) is 17.3. The number of rotatable bonds is 1. The Morgan fingerprint density at radius 2 is 1.63 bits per heavy atom. The highest BCUT2D eigenvalue weighted by Crippen LogP contribution is 2.34. The second-order valence-corrected chi connectivity index (χ2v) is 8.99. The molecule has 8 nitrogen and oxygen atoms in total. The van der Waals surface area contributed by atoms with Crippen molar-refractivity contribution in [3.63, 3.8) is 0 Å². The van der Waals surface area contributed by atoms with Crippen molar-refractivity contribution in [3.05, 3.63) is 54.7 Å². The van der Waals surface area contributed by atoms with E-state index in [9.17, 15) is 0 Å². The molecule has 1 N–H and O–H groups in total. The first-order chi connectivity index (χ1) is 17.2. The maximum Gasteiger partial charge on any atom is 0.227 e. The Morgan fingerprint density at radius 1 is 0.829 bits per heavy atom. The molecule has 2 aliphatic rings. The molecule has 3 heterocycles. The highest BCUT2D eigenvalue weighted by atomic mass is 16.5. The maximum atomic E-state index is 6.21. The minimum Gasteiger partial charge on any atom is -0.491 e. The third kappa shape index (κ3) is 4.67. The van der Waals surface area contributed by atoms with E-state index in [0.29, 0.717) is 32.4 Å². The van der Waals surface area contributed by atoms with Crippen LogP contribution in [0.25, 0.3) is 21.7 Å². The third-order valence-electron chi connectivity index (χ3n) is 6.58. The summed E-state index contributed by atoms with van der Waals surface area (Å²) in [4.78, 5) is 14.2. The van der Waals surface area contributed by atoms with Crippen LogP contribution in [0.5, 0.6) is 11.5 Å². The number of hydrogen-bond donors (Lipinski definition) is 1. The van der Waals surface area contributed by atoms with E-state index >= 15 is 0 Å². The third-order valence-corrected chi connectivity index (χ3v) is 6.58. The molecule has 6 bridgehead atoms. The van der Waals surface area contributed by atoms with Gasteiger partial charge in [0, 0.05) is 54.9 Å². The van der Waals surface area contributed by atoms with Gasteiger partial charge in [-0.3, -0.25) is 0 Å². The zero-order valence-corrected chi connectivity index (χ0v) is 19.9. The Labute approximate surface area is 204 Å². The van der Waals surface area contributed by atoms with Gasteiger partial charge >= 0.3 is 0 Å². The van der Waals surface area contributed by atoms with Crippen LogP contribution in [-0.2, 0) is 4.74 Å². The standard InChI is InChI=1S/C27H29N5O3/c1-31-8-10-32(11-9-31)24-7-5-21-16-25(24)35-15-13-33-12-14-34-22-6-4-19-2-3-20-18-28-27(29-21)30-26(20)23(19)17-22/h2-7,16-18H,8-15H2,1H3,(H,28,29,30). The average Bonchev–Trinajstić information content (AvgIpc) is 2.88. The monoisotopic (exact) mass is 471 g/mol. The number of nitrogens with one attached hydrogen (secondary N) is 1. The molecule has 0 spiro atoms. The van der Waals surface area contributed by atoms with E-state index in [4.69, 9.17) is 19.2 Å². The number of piperazine rings is 1. The molecule has 0 radical (unpaired) electrons. The number of aromatic nitrogens is 2. The van der Waals surface area contributed by atoms with Gasteiger partial charge in [-0.15, -0.1) is 0 Å². The molecule has 0 amide bonds. The molecule has 180 valence electrons. The Kier molecular flexibility index (Phi) is 5.98. The first kappa shape index (κ1) is 21.9. The fourth-order valence-electron chi connectivity index (χ4n) is 4.62. The van der Waals surface area contributed by atoms with Crippen LogP contribution in [0.15, 0.2) is 54.7 Å². The van der Waals surface area contributed by atoms with Crippen LogP contribution in [0.3, 0.4) is 0 Å². The Morgan fingerprint density at radius 3 is 2.51 bits per heavy atom. The van der Waals surface area contributed by atoms with Crippen molar-refractivity contribution < 1.29 is 14.2 Å². The van der Waals surface area contributed by atoms with Gasteiger partial charge in [-0.05, 0) is 36.7 Å². The summed E-state index contributed by atoms with van der Waals surface area (Å²) in [6.45, 7) is 5.92. The number of anilines is 3. The summed E-state index contributed by atoms with van der Waals surface area (Å²) in [7, 11) is 2.16. The van der Waals surface area contributed by atoms with E-state index in [2.05, 4.69) is 57.5 Å². The van der Waals surface area contributed by atoms with Gasteiger partial charge in [0.1, 0.15) is 24.7 Å². The molecule has 0 atom stereocenters. The zero-order chi connectivity index (χ0) is 23.6. The SMILES string of the molecule is CN1CCN(c2ccc3cc2OCCOCCOc2ccc4ccc5cnc(nc5c4c2)N3)CC1. The number of fused-ring (bicyclic) bond motifs is 4. The van der Waals surface area contributed by atoms with E-state index in [0.717, 1.165) is 70.7 Å². The lowest BCUT2D eigenvalue weighted by Gasteiger charge is -2.35. The van der Waals surface area contributed by atoms with Gasteiger partial charge in [0.25, 0.3) is 0 Å². The number of hydrogen-bond acceptors (Lipinski definition) is 8. The summed E-state index contributed by atoms with van der Waals surface area (Å²) in [5.74, 6) is 2.17. The van der Waals surface area contributed by atoms with Crippen molar-refractivity contribution in [3.8, 4) is 11.5 Å². The molecule has 35 heavy (non-hydrogen) atoms. The second-order valence-electron chi connectivity index (χ2n) is 8.99. The lowest BCUT2D eigenvalue weighted by atomic mass is 10.1. The molecule has 0 aliphatic carbocycles. The van der Waals surface area contributed by atoms with Gasteiger partial charge in [0.15, 0.2) is 0 Å². The van der Waals surface area contributed by atoms with Gasteiger partial charge in [-0.1, -0.05) is 18.2 Å². The van der Waals surface area contributed by atoms with Crippen LogP contribution >= 0.6 is 0 Å². The van der Waals surface area contributed by atoms with Crippen molar-refractivity contribution >= 4 is 39.0 Å². The van der Waals surface area contributed by atoms with E-state index in [1.807, 2.05) is 24.4 Å². The highest BCUT2D eigenvalue weighted by molar-refractivity contribution is 6.05. The molecule has 0 unspecified atom stereocenters. The van der Waals surface area contributed by atoms with Crippen molar-refractivity contribution in [1.29, 1.82) is 0 Å². The molecular weight excluding hydrogens is 442 g/mol. The fourth-order valence-corrected chi connectivity index (χ4v) is 4.62. The minimum atomic E-state index is 0.462. The fraction of sp³-hybridized carbons (Fsp3) is 0.333. The average molecular weight is 472 g/mol. The summed E-state index contributed by atoms with van der Waals surface area (Å²) < 4.78 is 17.9. The number of likely N-dealkylation sites (N-methyl/N-ethyl adjacent to an activating group) is 1. The van der Waals surface area contributed by atoms with Crippen LogP contribution in [0.4, 0.5) is 17.3 Å². The summed E-state index contributed by atoms with van der Waals surface area (Å²) >= 11 is 0. The Balaban J connectivity index is 1.39. The first-order valence-corrected chi connectivity index (χ1v) is 12.1. The molecule has 1 aromatic heterocycles. The van der Waals surface area contributed by atoms with Crippen molar-refractivity contribution in [2.45, 2.75) is 0 Å². The Hall–Kier alpha value is -3.62. The van der Waals surface area contributed by atoms with Gasteiger partial charge in [0.05, 0.1) is 24.4 Å². The Bertz CT molecular complexity index is 1350. The lowest BCUT2D eigenvalue weighted by molar-refractivity contribution is 0.0765. The lowest BCUT2D eigenvalue weighted by Crippen LogP contribution is -2.44. The molecule has 3 aromatic carbocycles. The second kappa shape index (κ2) is 9.56. The smallest absolute Gasteiger partial charge is 0.227 e. The molecule has 8 heteroatoms. The molecule has 1 saturated heterocycles. The summed E-state index contributed by atoms with van der Waals surface area (Å²) in [5, 5.41) is 6.50. The van der Waals surface area contributed by atoms with E-state index in [1.54, 1.807) is 0 Å². The van der Waals surface area contributed by atoms with Crippen LogP contribution < -0.4 is 19.7 Å². The molecular formula is C27H29N5O3. The predicted molar refractivity (Wildman–Crippen MR) is 138 cm³/mol. The maximum absolute atomic E-state index is 6.21. The van der Waals surface area contributed by atoms with Crippen molar-refractivity contribution in [2.24, 2.45) is 0 Å². The first-order valence-electron chi connectivity index (χ1n) is 12.1. The van der Waals surface area contributed by atoms with Crippen molar-refractivity contribution in [1.82, 2.24) is 14.9 Å². The summed E-state index contributed by atoms with van der Waals surface area (Å²) in [5.41, 5.74) is 2.87. The van der Waals surface area contributed by atoms with Crippen LogP contribution in [-0.4, -0.2) is 74.5 Å². The van der Waals surface area contributed by atoms with Crippen LogP contribution in [0.2, 0.25) is 0 Å². The van der Waals surface area contributed by atoms with E-state index < -0.39 is 0 Å². The number of ether oxygens (including phenoxy) is 3. The summed E-state index contributed by atoms with van der Waals surface area (Å²) in [6.07, 6.45) is 1.86. The molecule has 4 aromatic rings. The molecule has 2 aliphatic heterocycles. The quantitative estimate of drug-likeness (QED) is 0.417. The van der Waals surface area contributed by atoms with Gasteiger partial charge in [-0.25, -0.2) is 9.97 Å². The zero-order valence-electron chi connectivity index (χ0n) is 19.9. The molecule has 0 saturated carbocycles. The number of benzene rings is 3. The topological polar surface area (TPSA) is 72.0 Å². The minimum absolute atomic E-state index is 0.462. The number of nitrogens with zero attached hydrogens (tertiary/aromatic N) is 4. The van der Waals surface area contributed by atoms with Gasteiger partial charge in [-0.2, -0.15) is 0 Å². The van der Waals surface area contributed by atoms with Gasteiger partial charge < -0.3 is 29.3 Å². The largest absolute Gasteiger partial charge is 0.491 e. The van der Waals surface area contributed by atoms with Crippen molar-refractivity contribution in [2.75, 3.05) is 69.9 Å².